The van der Waals surface area contributed by atoms with E-state index in [1.165, 1.54) is 11.1 Å². The molecule has 0 saturated heterocycles. The maximum atomic E-state index is 12.0. The molecule has 98 valence electrons. The number of carbonyl (C=O) groups excluding carboxylic acids is 1. The molecule has 2 rings (SSSR count). The fourth-order valence-corrected chi connectivity index (χ4v) is 2.17. The highest BCUT2D eigenvalue weighted by Gasteiger charge is 2.26. The van der Waals surface area contributed by atoms with Crippen LogP contribution < -0.4 is 5.32 Å². The van der Waals surface area contributed by atoms with Crippen LogP contribution in [0.25, 0.3) is 0 Å². The van der Waals surface area contributed by atoms with Gasteiger partial charge in [0.2, 0.25) is 0 Å². The monoisotopic (exact) mass is 249 g/mol. The van der Waals surface area contributed by atoms with Gasteiger partial charge in [0.1, 0.15) is 12.1 Å². The number of esters is 1. The van der Waals surface area contributed by atoms with Gasteiger partial charge in [-0.15, -0.1) is 0 Å². The SMILES string of the molecule is COCC(C)OC(=O)[C@@H]1Cc2ccccc2CN1. The quantitative estimate of drug-likeness (QED) is 0.817. The van der Waals surface area contributed by atoms with Crippen molar-refractivity contribution in [2.24, 2.45) is 0 Å². The molecule has 0 spiro atoms. The highest BCUT2D eigenvalue weighted by molar-refractivity contribution is 5.76. The Morgan fingerprint density at radius 1 is 1.44 bits per heavy atom. The molecule has 0 fully saturated rings. The molecule has 0 aliphatic carbocycles. The first-order chi connectivity index (χ1) is 8.70. The second-order valence-electron chi connectivity index (χ2n) is 4.61. The van der Waals surface area contributed by atoms with Crippen LogP contribution >= 0.6 is 0 Å². The summed E-state index contributed by atoms with van der Waals surface area (Å²) >= 11 is 0. The summed E-state index contributed by atoms with van der Waals surface area (Å²) in [5.74, 6) is -0.200. The minimum atomic E-state index is -0.251. The highest BCUT2D eigenvalue weighted by Crippen LogP contribution is 2.17. The van der Waals surface area contributed by atoms with E-state index in [0.717, 1.165) is 0 Å². The fraction of sp³-hybridized carbons (Fsp3) is 0.500. The van der Waals surface area contributed by atoms with Crippen LogP contribution in [-0.2, 0) is 27.2 Å². The number of hydrogen-bond acceptors (Lipinski definition) is 4. The molecule has 0 bridgehead atoms. The molecule has 1 unspecified atom stereocenters. The second kappa shape index (κ2) is 5.98. The molecule has 0 saturated carbocycles. The number of rotatable bonds is 4. The van der Waals surface area contributed by atoms with Crippen LogP contribution in [0.4, 0.5) is 0 Å². The van der Waals surface area contributed by atoms with Crippen LogP contribution in [0.2, 0.25) is 0 Å². The van der Waals surface area contributed by atoms with Gasteiger partial charge in [-0.3, -0.25) is 4.79 Å². The van der Waals surface area contributed by atoms with Crippen molar-refractivity contribution in [1.82, 2.24) is 5.32 Å². The summed E-state index contributed by atoms with van der Waals surface area (Å²) in [4.78, 5) is 12.0. The number of fused-ring (bicyclic) bond motifs is 1. The number of benzene rings is 1. The zero-order chi connectivity index (χ0) is 13.0. The average Bonchev–Trinajstić information content (AvgIpc) is 2.38. The van der Waals surface area contributed by atoms with Gasteiger partial charge in [0.05, 0.1) is 6.61 Å². The predicted molar refractivity (Wildman–Crippen MR) is 68.2 cm³/mol. The number of carbonyl (C=O) groups is 1. The number of nitrogens with one attached hydrogen (secondary N) is 1. The van der Waals surface area contributed by atoms with Crippen molar-refractivity contribution in [3.63, 3.8) is 0 Å². The minimum absolute atomic E-state index is 0.200. The molecule has 1 N–H and O–H groups in total. The molecule has 0 aromatic heterocycles. The van der Waals surface area contributed by atoms with Crippen LogP contribution in [-0.4, -0.2) is 31.8 Å². The third kappa shape index (κ3) is 3.09. The van der Waals surface area contributed by atoms with Crippen LogP contribution in [0, 0.1) is 0 Å². The molecule has 1 heterocycles. The lowest BCUT2D eigenvalue weighted by molar-refractivity contribution is -0.153. The van der Waals surface area contributed by atoms with Crippen molar-refractivity contribution in [3.05, 3.63) is 35.4 Å². The first kappa shape index (κ1) is 13.1. The molecular formula is C14H19NO3. The largest absolute Gasteiger partial charge is 0.459 e. The van der Waals surface area contributed by atoms with Gasteiger partial charge >= 0.3 is 5.97 Å². The minimum Gasteiger partial charge on any atom is -0.459 e. The zero-order valence-electron chi connectivity index (χ0n) is 10.8. The standard InChI is InChI=1S/C14H19NO3/c1-10(9-17-2)18-14(16)13-7-11-5-3-4-6-12(11)8-15-13/h3-6,10,13,15H,7-9H2,1-2H3/t10?,13-/m0/s1. The Morgan fingerprint density at radius 2 is 2.17 bits per heavy atom. The third-order valence-corrected chi connectivity index (χ3v) is 3.08. The Bertz CT molecular complexity index is 419. The summed E-state index contributed by atoms with van der Waals surface area (Å²) in [5, 5.41) is 3.21. The van der Waals surface area contributed by atoms with Crippen molar-refractivity contribution in [3.8, 4) is 0 Å². The molecule has 4 nitrogen and oxygen atoms in total. The Kier molecular flexibility index (Phi) is 4.33. The van der Waals surface area contributed by atoms with Crippen LogP contribution in [0.1, 0.15) is 18.1 Å². The molecule has 0 radical (unpaired) electrons. The first-order valence-corrected chi connectivity index (χ1v) is 6.20. The second-order valence-corrected chi connectivity index (χ2v) is 4.61. The van der Waals surface area contributed by atoms with E-state index in [4.69, 9.17) is 9.47 Å². The van der Waals surface area contributed by atoms with Gasteiger partial charge in [0.25, 0.3) is 0 Å². The van der Waals surface area contributed by atoms with Crippen molar-refractivity contribution in [2.75, 3.05) is 13.7 Å². The van der Waals surface area contributed by atoms with Gasteiger partial charge in [-0.2, -0.15) is 0 Å². The zero-order valence-corrected chi connectivity index (χ0v) is 10.8. The Hall–Kier alpha value is -1.39. The Labute approximate surface area is 107 Å². The summed E-state index contributed by atoms with van der Waals surface area (Å²) < 4.78 is 10.3. The van der Waals surface area contributed by atoms with Gasteiger partial charge in [-0.05, 0) is 24.5 Å². The van der Waals surface area contributed by atoms with Crippen molar-refractivity contribution >= 4 is 5.97 Å². The number of ether oxygens (including phenoxy) is 2. The van der Waals surface area contributed by atoms with Crippen molar-refractivity contribution < 1.29 is 14.3 Å². The van der Waals surface area contributed by atoms with E-state index in [9.17, 15) is 4.79 Å². The summed E-state index contributed by atoms with van der Waals surface area (Å²) in [5.41, 5.74) is 2.48. The maximum Gasteiger partial charge on any atom is 0.323 e. The van der Waals surface area contributed by atoms with E-state index in [0.29, 0.717) is 19.6 Å². The van der Waals surface area contributed by atoms with Gasteiger partial charge in [-0.25, -0.2) is 0 Å². The van der Waals surface area contributed by atoms with Crippen LogP contribution in [0.5, 0.6) is 0 Å². The fourth-order valence-electron chi connectivity index (χ4n) is 2.17. The predicted octanol–water partition coefficient (Wildman–Crippen LogP) is 1.28. The van der Waals surface area contributed by atoms with E-state index in [1.54, 1.807) is 7.11 Å². The molecule has 4 heteroatoms. The summed E-state index contributed by atoms with van der Waals surface area (Å²) in [7, 11) is 1.60. The van der Waals surface area contributed by atoms with Crippen molar-refractivity contribution in [1.29, 1.82) is 0 Å². The van der Waals surface area contributed by atoms with Gasteiger partial charge in [0, 0.05) is 13.7 Å². The normalized spacial score (nSPS) is 20.0. The highest BCUT2D eigenvalue weighted by atomic mass is 16.6. The lowest BCUT2D eigenvalue weighted by atomic mass is 9.96. The summed E-state index contributed by atoms with van der Waals surface area (Å²) in [6, 6.07) is 7.91. The van der Waals surface area contributed by atoms with E-state index >= 15 is 0 Å². The van der Waals surface area contributed by atoms with E-state index in [-0.39, 0.29) is 18.1 Å². The Balaban J connectivity index is 1.94. The number of methoxy groups -OCH3 is 1. The van der Waals surface area contributed by atoms with Crippen molar-refractivity contribution in [2.45, 2.75) is 32.0 Å². The molecule has 1 aromatic carbocycles. The van der Waals surface area contributed by atoms with Gasteiger partial charge in [0.15, 0.2) is 0 Å². The van der Waals surface area contributed by atoms with Crippen LogP contribution in [0.3, 0.4) is 0 Å². The molecular weight excluding hydrogens is 230 g/mol. The summed E-state index contributed by atoms with van der Waals surface area (Å²) in [6.45, 7) is 2.97. The van der Waals surface area contributed by atoms with Crippen LogP contribution in [0.15, 0.2) is 24.3 Å². The van der Waals surface area contributed by atoms with Gasteiger partial charge in [-0.1, -0.05) is 24.3 Å². The number of hydrogen-bond donors (Lipinski definition) is 1. The Morgan fingerprint density at radius 3 is 2.89 bits per heavy atom. The molecule has 0 amide bonds. The topological polar surface area (TPSA) is 47.6 Å². The van der Waals surface area contributed by atoms with E-state index < -0.39 is 0 Å². The lowest BCUT2D eigenvalue weighted by Crippen LogP contribution is -2.44. The third-order valence-electron chi connectivity index (χ3n) is 3.08. The average molecular weight is 249 g/mol. The summed E-state index contributed by atoms with van der Waals surface area (Å²) in [6.07, 6.45) is 0.482. The van der Waals surface area contributed by atoms with E-state index in [2.05, 4.69) is 17.4 Å². The lowest BCUT2D eigenvalue weighted by Gasteiger charge is -2.25. The van der Waals surface area contributed by atoms with Gasteiger partial charge < -0.3 is 14.8 Å². The molecule has 1 aliphatic heterocycles. The molecule has 1 aliphatic rings. The smallest absolute Gasteiger partial charge is 0.323 e. The molecule has 2 atom stereocenters. The molecule has 18 heavy (non-hydrogen) atoms. The molecule has 1 aromatic rings. The maximum absolute atomic E-state index is 12.0. The first-order valence-electron chi connectivity index (χ1n) is 6.20. The van der Waals surface area contributed by atoms with E-state index in [1.807, 2.05) is 19.1 Å².